The van der Waals surface area contributed by atoms with E-state index < -0.39 is 0 Å². The lowest BCUT2D eigenvalue weighted by atomic mass is 10.1. The summed E-state index contributed by atoms with van der Waals surface area (Å²) in [7, 11) is 0. The van der Waals surface area contributed by atoms with Gasteiger partial charge in [0.25, 0.3) is 0 Å². The van der Waals surface area contributed by atoms with Crippen LogP contribution in [0, 0.1) is 5.92 Å². The van der Waals surface area contributed by atoms with Crippen LogP contribution in [-0.2, 0) is 0 Å². The summed E-state index contributed by atoms with van der Waals surface area (Å²) >= 11 is 0. The van der Waals surface area contributed by atoms with Crippen LogP contribution >= 0.6 is 0 Å². The molecule has 1 aromatic heterocycles. The van der Waals surface area contributed by atoms with Gasteiger partial charge in [-0.05, 0) is 12.1 Å². The van der Waals surface area contributed by atoms with Crippen LogP contribution in [0.3, 0.4) is 0 Å². The van der Waals surface area contributed by atoms with Crippen molar-refractivity contribution >= 4 is 11.7 Å². The van der Waals surface area contributed by atoms with Crippen molar-refractivity contribution in [1.29, 1.82) is 0 Å². The molecule has 0 aromatic carbocycles. The molecule has 6 heteroatoms. The van der Waals surface area contributed by atoms with Gasteiger partial charge in [0.1, 0.15) is 0 Å². The molecule has 0 spiro atoms. The molecule has 1 aromatic rings. The second-order valence-electron chi connectivity index (χ2n) is 3.82. The summed E-state index contributed by atoms with van der Waals surface area (Å²) < 4.78 is 0. The van der Waals surface area contributed by atoms with Gasteiger partial charge in [-0.25, -0.2) is 10.2 Å². The molecule has 0 saturated carbocycles. The van der Waals surface area contributed by atoms with Gasteiger partial charge in [-0.3, -0.25) is 10.4 Å². The first-order valence-electron chi connectivity index (χ1n) is 5.21. The maximum absolute atomic E-state index is 11.6. The first kappa shape index (κ1) is 10.8. The number of carbonyl (C=O) groups excluding carboxylic acids is 1. The molecule has 2 heterocycles. The van der Waals surface area contributed by atoms with Crippen molar-refractivity contribution in [3.8, 4) is 0 Å². The minimum atomic E-state index is -0.235. The number of aromatic nitrogens is 1. The number of rotatable bonds is 2. The van der Waals surface area contributed by atoms with E-state index >= 15 is 0 Å². The molecule has 16 heavy (non-hydrogen) atoms. The van der Waals surface area contributed by atoms with Gasteiger partial charge in [0.15, 0.2) is 0 Å². The maximum atomic E-state index is 11.6. The van der Waals surface area contributed by atoms with Crippen LogP contribution in [0.5, 0.6) is 0 Å². The van der Waals surface area contributed by atoms with Crippen molar-refractivity contribution in [2.24, 2.45) is 5.92 Å². The van der Waals surface area contributed by atoms with Crippen LogP contribution in [0.25, 0.3) is 0 Å². The zero-order valence-corrected chi connectivity index (χ0v) is 9.03. The Morgan fingerprint density at radius 1 is 1.62 bits per heavy atom. The molecule has 2 amide bonds. The maximum Gasteiger partial charge on any atom is 0.320 e. The second kappa shape index (κ2) is 4.91. The summed E-state index contributed by atoms with van der Waals surface area (Å²) in [5.74, 6) is 0.361. The van der Waals surface area contributed by atoms with Crippen molar-refractivity contribution in [2.45, 2.75) is 13.1 Å². The van der Waals surface area contributed by atoms with Gasteiger partial charge in [-0.1, -0.05) is 6.92 Å². The monoisotopic (exact) mass is 221 g/mol. The van der Waals surface area contributed by atoms with Crippen LogP contribution in [0.2, 0.25) is 0 Å². The number of anilines is 1. The Kier molecular flexibility index (Phi) is 3.33. The Labute approximate surface area is 93.8 Å². The SMILES string of the molecule is CC1CNNC1NC(=O)Nc1cccnc1. The first-order valence-corrected chi connectivity index (χ1v) is 5.21. The van der Waals surface area contributed by atoms with Crippen molar-refractivity contribution < 1.29 is 4.79 Å². The zero-order chi connectivity index (χ0) is 11.4. The van der Waals surface area contributed by atoms with Crippen molar-refractivity contribution in [3.63, 3.8) is 0 Å². The number of nitrogens with zero attached hydrogens (tertiary/aromatic N) is 1. The lowest BCUT2D eigenvalue weighted by molar-refractivity contribution is 0.244. The highest BCUT2D eigenvalue weighted by Gasteiger charge is 2.23. The summed E-state index contributed by atoms with van der Waals surface area (Å²) in [4.78, 5) is 15.5. The molecule has 1 fully saturated rings. The summed E-state index contributed by atoms with van der Waals surface area (Å²) in [5.41, 5.74) is 6.65. The third kappa shape index (κ3) is 2.68. The van der Waals surface area contributed by atoms with Gasteiger partial charge in [0.05, 0.1) is 18.1 Å². The summed E-state index contributed by atoms with van der Waals surface area (Å²) in [6.07, 6.45) is 3.22. The minimum absolute atomic E-state index is 0.0447. The Morgan fingerprint density at radius 3 is 3.12 bits per heavy atom. The van der Waals surface area contributed by atoms with E-state index in [9.17, 15) is 4.79 Å². The van der Waals surface area contributed by atoms with Gasteiger partial charge in [-0.15, -0.1) is 0 Å². The molecule has 0 radical (unpaired) electrons. The van der Waals surface area contributed by atoms with Crippen LogP contribution in [0.4, 0.5) is 10.5 Å². The number of hydrazine groups is 1. The number of pyridine rings is 1. The molecule has 2 atom stereocenters. The molecule has 1 saturated heterocycles. The third-order valence-corrected chi connectivity index (χ3v) is 2.46. The van der Waals surface area contributed by atoms with Gasteiger partial charge in [-0.2, -0.15) is 0 Å². The van der Waals surface area contributed by atoms with Gasteiger partial charge in [0, 0.05) is 18.7 Å². The second-order valence-corrected chi connectivity index (χ2v) is 3.82. The van der Waals surface area contributed by atoms with Crippen LogP contribution in [-0.4, -0.2) is 23.7 Å². The molecule has 2 unspecified atom stereocenters. The predicted molar refractivity (Wildman–Crippen MR) is 60.5 cm³/mol. The highest BCUT2D eigenvalue weighted by atomic mass is 16.2. The predicted octanol–water partition coefficient (Wildman–Crippen LogP) is 0.273. The fourth-order valence-corrected chi connectivity index (χ4v) is 1.51. The van der Waals surface area contributed by atoms with Gasteiger partial charge < -0.3 is 10.6 Å². The van der Waals surface area contributed by atoms with Crippen LogP contribution in [0.15, 0.2) is 24.5 Å². The van der Waals surface area contributed by atoms with E-state index in [1.54, 1.807) is 24.5 Å². The molecule has 1 aliphatic rings. The average molecular weight is 221 g/mol. The molecule has 1 aliphatic heterocycles. The van der Waals surface area contributed by atoms with E-state index in [1.165, 1.54) is 0 Å². The van der Waals surface area contributed by atoms with E-state index in [-0.39, 0.29) is 12.2 Å². The van der Waals surface area contributed by atoms with Crippen molar-refractivity contribution in [3.05, 3.63) is 24.5 Å². The summed E-state index contributed by atoms with van der Waals surface area (Å²) in [5, 5.41) is 5.53. The topological polar surface area (TPSA) is 78.1 Å². The Balaban J connectivity index is 1.85. The highest BCUT2D eigenvalue weighted by Crippen LogP contribution is 2.05. The molecular formula is C10H15N5O. The standard InChI is InChI=1S/C10H15N5O/c1-7-5-12-15-9(7)14-10(16)13-8-3-2-4-11-6-8/h2-4,6-7,9,12,15H,5H2,1H3,(H2,13,14,16). The third-order valence-electron chi connectivity index (χ3n) is 2.46. The quantitative estimate of drug-likeness (QED) is 0.578. The highest BCUT2D eigenvalue weighted by molar-refractivity contribution is 5.89. The smallest absolute Gasteiger partial charge is 0.320 e. The largest absolute Gasteiger partial charge is 0.321 e. The van der Waals surface area contributed by atoms with Crippen LogP contribution in [0.1, 0.15) is 6.92 Å². The van der Waals surface area contributed by atoms with Gasteiger partial charge >= 0.3 is 6.03 Å². The molecular weight excluding hydrogens is 206 g/mol. The lowest BCUT2D eigenvalue weighted by Gasteiger charge is -2.16. The first-order chi connectivity index (χ1) is 7.75. The number of nitrogens with one attached hydrogen (secondary N) is 4. The van der Waals surface area contributed by atoms with E-state index in [0.29, 0.717) is 11.6 Å². The van der Waals surface area contributed by atoms with Crippen LogP contribution < -0.4 is 21.5 Å². The molecule has 2 rings (SSSR count). The van der Waals surface area contributed by atoms with Crippen molar-refractivity contribution in [1.82, 2.24) is 21.2 Å². The van der Waals surface area contributed by atoms with Crippen molar-refractivity contribution in [2.75, 3.05) is 11.9 Å². The molecule has 86 valence electrons. The fraction of sp³-hybridized carbons (Fsp3) is 0.400. The normalized spacial score (nSPS) is 24.1. The number of hydrogen-bond acceptors (Lipinski definition) is 4. The lowest BCUT2D eigenvalue weighted by Crippen LogP contribution is -2.48. The molecule has 6 nitrogen and oxygen atoms in total. The summed E-state index contributed by atoms with van der Waals surface area (Å²) in [6, 6.07) is 3.32. The fourth-order valence-electron chi connectivity index (χ4n) is 1.51. The number of carbonyl (C=O) groups is 1. The number of amides is 2. The average Bonchev–Trinajstić information content (AvgIpc) is 2.66. The minimum Gasteiger partial charge on any atom is -0.321 e. The molecule has 0 aliphatic carbocycles. The Bertz CT molecular complexity index is 355. The number of hydrogen-bond donors (Lipinski definition) is 4. The zero-order valence-electron chi connectivity index (χ0n) is 9.03. The van der Waals surface area contributed by atoms with E-state index in [4.69, 9.17) is 0 Å². The summed E-state index contributed by atoms with van der Waals surface area (Å²) in [6.45, 7) is 2.90. The Hall–Kier alpha value is -1.66. The number of urea groups is 1. The molecule has 4 N–H and O–H groups in total. The van der Waals surface area contributed by atoms with E-state index in [1.807, 2.05) is 0 Å². The van der Waals surface area contributed by atoms with Gasteiger partial charge in [0.2, 0.25) is 0 Å². The van der Waals surface area contributed by atoms with E-state index in [0.717, 1.165) is 6.54 Å². The molecule has 0 bridgehead atoms. The van der Waals surface area contributed by atoms with E-state index in [2.05, 4.69) is 33.4 Å². The Morgan fingerprint density at radius 2 is 2.50 bits per heavy atom.